The number of carbonyl (C=O) groups is 2. The van der Waals surface area contributed by atoms with Gasteiger partial charge in [0.1, 0.15) is 0 Å². The van der Waals surface area contributed by atoms with Crippen molar-refractivity contribution in [3.05, 3.63) is 32.9 Å². The molecular weight excluding hydrogens is 369 g/mol. The Hall–Kier alpha value is -1.11. The number of amides is 1. The van der Waals surface area contributed by atoms with Gasteiger partial charge >= 0.3 is 5.97 Å². The molecule has 0 aliphatic carbocycles. The first-order valence-electron chi connectivity index (χ1n) is 6.47. The highest BCUT2D eigenvalue weighted by molar-refractivity contribution is 14.1. The minimum Gasteiger partial charge on any atom is -0.481 e. The SMILES string of the molecule is Cc1cccc(C(=O)NC(C)(CC(=O)O)C(C)C)c1I. The number of benzene rings is 1. The number of nitrogens with one attached hydrogen (secondary N) is 1. The van der Waals surface area contributed by atoms with Crippen molar-refractivity contribution in [2.45, 2.75) is 39.7 Å². The number of carboxylic acid groups (broad SMARTS) is 1. The third-order valence-electron chi connectivity index (χ3n) is 3.63. The third kappa shape index (κ3) is 3.94. The van der Waals surface area contributed by atoms with Gasteiger partial charge < -0.3 is 10.4 Å². The molecular formula is C15H20INO3. The maximum Gasteiger partial charge on any atom is 0.305 e. The molecule has 0 spiro atoms. The molecule has 1 unspecified atom stereocenters. The monoisotopic (exact) mass is 389 g/mol. The number of hydrogen-bond acceptors (Lipinski definition) is 2. The van der Waals surface area contributed by atoms with Crippen molar-refractivity contribution in [1.82, 2.24) is 5.32 Å². The summed E-state index contributed by atoms with van der Waals surface area (Å²) in [6, 6.07) is 5.53. The lowest BCUT2D eigenvalue weighted by atomic mass is 9.85. The molecule has 0 aliphatic rings. The highest BCUT2D eigenvalue weighted by Crippen LogP contribution is 2.23. The molecule has 1 rings (SSSR count). The first kappa shape index (κ1) is 16.9. The van der Waals surface area contributed by atoms with Gasteiger partial charge in [-0.1, -0.05) is 26.0 Å². The summed E-state index contributed by atoms with van der Waals surface area (Å²) >= 11 is 2.14. The van der Waals surface area contributed by atoms with Gasteiger partial charge in [0.2, 0.25) is 0 Å². The molecule has 0 fully saturated rings. The van der Waals surface area contributed by atoms with Crippen molar-refractivity contribution in [2.75, 3.05) is 0 Å². The maximum absolute atomic E-state index is 12.4. The van der Waals surface area contributed by atoms with E-state index in [9.17, 15) is 9.59 Å². The van der Waals surface area contributed by atoms with E-state index in [0.29, 0.717) is 5.56 Å². The largest absolute Gasteiger partial charge is 0.481 e. The Kier molecular flexibility index (Phi) is 5.56. The lowest BCUT2D eigenvalue weighted by molar-refractivity contribution is -0.138. The highest BCUT2D eigenvalue weighted by atomic mass is 127. The quantitative estimate of drug-likeness (QED) is 0.761. The molecule has 1 amide bonds. The van der Waals surface area contributed by atoms with E-state index in [-0.39, 0.29) is 18.2 Å². The van der Waals surface area contributed by atoms with Gasteiger partial charge in [-0.2, -0.15) is 0 Å². The molecule has 4 nitrogen and oxygen atoms in total. The average molecular weight is 389 g/mol. The Bertz CT molecular complexity index is 528. The zero-order chi connectivity index (χ0) is 15.5. The van der Waals surface area contributed by atoms with Crippen molar-refractivity contribution in [1.29, 1.82) is 0 Å². The Balaban J connectivity index is 3.03. The molecule has 0 heterocycles. The fourth-order valence-electron chi connectivity index (χ4n) is 1.86. The zero-order valence-electron chi connectivity index (χ0n) is 12.2. The predicted octanol–water partition coefficient (Wildman–Crippen LogP) is 3.22. The summed E-state index contributed by atoms with van der Waals surface area (Å²) in [5.74, 6) is -1.12. The minimum atomic E-state index is -0.916. The van der Waals surface area contributed by atoms with Crippen LogP contribution in [-0.4, -0.2) is 22.5 Å². The summed E-state index contributed by atoms with van der Waals surface area (Å²) in [5, 5.41) is 11.9. The number of hydrogen-bond donors (Lipinski definition) is 2. The lowest BCUT2D eigenvalue weighted by Gasteiger charge is -2.33. The van der Waals surface area contributed by atoms with Crippen LogP contribution in [-0.2, 0) is 4.79 Å². The maximum atomic E-state index is 12.4. The van der Waals surface area contributed by atoms with E-state index < -0.39 is 11.5 Å². The summed E-state index contributed by atoms with van der Waals surface area (Å²) in [6.07, 6.45) is -0.0984. The number of carboxylic acids is 1. The van der Waals surface area contributed by atoms with Gasteiger partial charge in [-0.25, -0.2) is 0 Å². The number of aliphatic carboxylic acids is 1. The van der Waals surface area contributed by atoms with Crippen LogP contribution >= 0.6 is 22.6 Å². The third-order valence-corrected chi connectivity index (χ3v) is 5.06. The van der Waals surface area contributed by atoms with Gasteiger partial charge in [-0.05, 0) is 54.0 Å². The summed E-state index contributed by atoms with van der Waals surface area (Å²) in [7, 11) is 0. The number of carbonyl (C=O) groups excluding carboxylic acids is 1. The smallest absolute Gasteiger partial charge is 0.305 e. The van der Waals surface area contributed by atoms with E-state index in [2.05, 4.69) is 27.9 Å². The molecule has 110 valence electrons. The van der Waals surface area contributed by atoms with E-state index in [1.165, 1.54) is 0 Å². The van der Waals surface area contributed by atoms with Crippen molar-refractivity contribution in [2.24, 2.45) is 5.92 Å². The first-order valence-corrected chi connectivity index (χ1v) is 7.54. The molecule has 20 heavy (non-hydrogen) atoms. The zero-order valence-corrected chi connectivity index (χ0v) is 14.3. The Labute approximate surface area is 133 Å². The molecule has 1 aromatic rings. The van der Waals surface area contributed by atoms with Gasteiger partial charge in [0.25, 0.3) is 5.91 Å². The first-order chi connectivity index (χ1) is 9.17. The van der Waals surface area contributed by atoms with Crippen molar-refractivity contribution in [3.63, 3.8) is 0 Å². The molecule has 0 radical (unpaired) electrons. The van der Waals surface area contributed by atoms with Gasteiger partial charge in [0.15, 0.2) is 0 Å². The van der Waals surface area contributed by atoms with Crippen LogP contribution in [0.5, 0.6) is 0 Å². The molecule has 0 saturated carbocycles. The van der Waals surface area contributed by atoms with Crippen LogP contribution in [0.3, 0.4) is 0 Å². The second-order valence-electron chi connectivity index (χ2n) is 5.53. The van der Waals surface area contributed by atoms with Crippen molar-refractivity contribution < 1.29 is 14.7 Å². The number of aryl methyl sites for hydroxylation is 1. The normalized spacial score (nSPS) is 13.9. The van der Waals surface area contributed by atoms with Crippen LogP contribution in [0.25, 0.3) is 0 Å². The lowest BCUT2D eigenvalue weighted by Crippen LogP contribution is -2.51. The van der Waals surface area contributed by atoms with Crippen LogP contribution in [0.15, 0.2) is 18.2 Å². The summed E-state index contributed by atoms with van der Waals surface area (Å²) in [5.41, 5.74) is 0.848. The van der Waals surface area contributed by atoms with Gasteiger partial charge in [-0.3, -0.25) is 9.59 Å². The van der Waals surface area contributed by atoms with Crippen molar-refractivity contribution >= 4 is 34.5 Å². The highest BCUT2D eigenvalue weighted by Gasteiger charge is 2.33. The molecule has 0 saturated heterocycles. The second kappa shape index (κ2) is 6.56. The summed E-state index contributed by atoms with van der Waals surface area (Å²) in [6.45, 7) is 7.53. The molecule has 1 aromatic carbocycles. The second-order valence-corrected chi connectivity index (χ2v) is 6.61. The van der Waals surface area contributed by atoms with E-state index in [1.54, 1.807) is 13.0 Å². The molecule has 0 aliphatic heterocycles. The van der Waals surface area contributed by atoms with Crippen LogP contribution in [0.1, 0.15) is 43.1 Å². The Morgan fingerprint density at radius 3 is 2.50 bits per heavy atom. The molecule has 0 bridgehead atoms. The van der Waals surface area contributed by atoms with Gasteiger partial charge in [0.05, 0.1) is 17.5 Å². The van der Waals surface area contributed by atoms with E-state index in [0.717, 1.165) is 9.13 Å². The molecule has 2 N–H and O–H groups in total. The molecule has 1 atom stereocenters. The van der Waals surface area contributed by atoms with Gasteiger partial charge in [0, 0.05) is 3.57 Å². The number of rotatable bonds is 5. The fourth-order valence-corrected chi connectivity index (χ4v) is 2.46. The van der Waals surface area contributed by atoms with E-state index in [1.807, 2.05) is 32.9 Å². The van der Waals surface area contributed by atoms with Crippen LogP contribution in [0.2, 0.25) is 0 Å². The summed E-state index contributed by atoms with van der Waals surface area (Å²) < 4.78 is 0.893. The molecule has 5 heteroatoms. The Morgan fingerprint density at radius 1 is 1.40 bits per heavy atom. The van der Waals surface area contributed by atoms with Gasteiger partial charge in [-0.15, -0.1) is 0 Å². The van der Waals surface area contributed by atoms with Crippen molar-refractivity contribution in [3.8, 4) is 0 Å². The van der Waals surface area contributed by atoms with Crippen LogP contribution in [0.4, 0.5) is 0 Å². The average Bonchev–Trinajstić information content (AvgIpc) is 2.31. The van der Waals surface area contributed by atoms with E-state index >= 15 is 0 Å². The number of halogens is 1. The summed E-state index contributed by atoms with van der Waals surface area (Å²) in [4.78, 5) is 23.4. The fraction of sp³-hybridized carbons (Fsp3) is 0.467. The van der Waals surface area contributed by atoms with Crippen LogP contribution in [0, 0.1) is 16.4 Å². The topological polar surface area (TPSA) is 66.4 Å². The van der Waals surface area contributed by atoms with Crippen LogP contribution < -0.4 is 5.32 Å². The Morgan fingerprint density at radius 2 is 2.00 bits per heavy atom. The van der Waals surface area contributed by atoms with E-state index in [4.69, 9.17) is 5.11 Å². The molecule has 0 aromatic heterocycles. The predicted molar refractivity (Wildman–Crippen MR) is 86.9 cm³/mol. The minimum absolute atomic E-state index is 0.0185. The standard InChI is InChI=1S/C15H20INO3/c1-9(2)15(4,8-12(18)19)17-14(20)11-7-5-6-10(3)13(11)16/h5-7,9H,8H2,1-4H3,(H,17,20)(H,18,19).